The normalized spacial score (nSPS) is 21.5. The third-order valence-corrected chi connectivity index (χ3v) is 9.66. The summed E-state index contributed by atoms with van der Waals surface area (Å²) in [6, 6.07) is 14.4. The van der Waals surface area contributed by atoms with Gasteiger partial charge in [0.15, 0.2) is 0 Å². The van der Waals surface area contributed by atoms with Crippen LogP contribution < -0.4 is 9.80 Å². The summed E-state index contributed by atoms with van der Waals surface area (Å²) in [5.74, 6) is 2.16. The molecule has 0 aliphatic carbocycles. The van der Waals surface area contributed by atoms with Crippen molar-refractivity contribution in [1.82, 2.24) is 19.2 Å². The smallest absolute Gasteiger partial charge is 0.135 e. The lowest BCUT2D eigenvalue weighted by Gasteiger charge is -2.40. The summed E-state index contributed by atoms with van der Waals surface area (Å²) in [7, 11) is 2.24. The summed E-state index contributed by atoms with van der Waals surface area (Å²) in [6.45, 7) is 13.9. The second-order valence-electron chi connectivity index (χ2n) is 11.0. The molecule has 0 radical (unpaired) electrons. The average Bonchev–Trinajstić information content (AvgIpc) is 3.75. The predicted molar refractivity (Wildman–Crippen MR) is 161 cm³/mol. The molecule has 3 aliphatic heterocycles. The van der Waals surface area contributed by atoms with Gasteiger partial charge in [0.1, 0.15) is 11.6 Å². The Morgan fingerprint density at radius 2 is 1.84 bits per heavy atom. The summed E-state index contributed by atoms with van der Waals surface area (Å²) >= 11 is 1.83. The van der Waals surface area contributed by atoms with Crippen molar-refractivity contribution in [1.29, 1.82) is 0 Å². The number of anilines is 2. The molecule has 2 unspecified atom stereocenters. The second kappa shape index (κ2) is 10.4. The zero-order valence-corrected chi connectivity index (χ0v) is 24.1. The fraction of sp³-hybridized carbons (Fsp3) is 0.484. The van der Waals surface area contributed by atoms with Gasteiger partial charge in [-0.25, -0.2) is 14.3 Å². The number of nitrogens with zero attached hydrogens (tertiary/aromatic N) is 6. The first-order valence-electron chi connectivity index (χ1n) is 14.1. The molecule has 3 aliphatic rings. The van der Waals surface area contributed by atoms with Crippen LogP contribution in [0.3, 0.4) is 0 Å². The molecule has 0 bridgehead atoms. The fourth-order valence-electron chi connectivity index (χ4n) is 6.39. The summed E-state index contributed by atoms with van der Waals surface area (Å²) in [5, 5.41) is 2.67. The fourth-order valence-corrected chi connectivity index (χ4v) is 7.05. The first-order valence-corrected chi connectivity index (χ1v) is 15.3. The van der Waals surface area contributed by atoms with E-state index in [0.29, 0.717) is 12.1 Å². The van der Waals surface area contributed by atoms with Gasteiger partial charge >= 0.3 is 0 Å². The first kappa shape index (κ1) is 25.5. The lowest BCUT2D eigenvalue weighted by molar-refractivity contribution is 0.251. The summed E-state index contributed by atoms with van der Waals surface area (Å²) in [6.07, 6.45) is 6.28. The van der Waals surface area contributed by atoms with E-state index in [4.69, 9.17) is 9.97 Å². The molecule has 200 valence electrons. The van der Waals surface area contributed by atoms with Gasteiger partial charge in [-0.2, -0.15) is 0 Å². The van der Waals surface area contributed by atoms with Crippen LogP contribution in [0, 0.1) is 6.92 Å². The predicted octanol–water partition coefficient (Wildman–Crippen LogP) is 5.44. The number of rotatable bonds is 7. The number of hydrogen-bond acceptors (Lipinski definition) is 7. The first-order chi connectivity index (χ1) is 18.5. The van der Waals surface area contributed by atoms with Crippen molar-refractivity contribution in [2.45, 2.75) is 58.2 Å². The van der Waals surface area contributed by atoms with Crippen LogP contribution in [0.4, 0.5) is 11.5 Å². The van der Waals surface area contributed by atoms with E-state index in [1.54, 1.807) is 0 Å². The van der Waals surface area contributed by atoms with Gasteiger partial charge in [0.05, 0.1) is 18.3 Å². The van der Waals surface area contributed by atoms with E-state index in [-0.39, 0.29) is 0 Å². The van der Waals surface area contributed by atoms with Crippen LogP contribution in [0.2, 0.25) is 0 Å². The maximum absolute atomic E-state index is 5.11. The molecule has 38 heavy (non-hydrogen) atoms. The number of hydrogen-bond donors (Lipinski definition) is 0. The largest absolute Gasteiger partial charge is 0.374 e. The van der Waals surface area contributed by atoms with Gasteiger partial charge in [-0.3, -0.25) is 0 Å². The molecule has 2 atom stereocenters. The molecule has 0 saturated carbocycles. The number of benzene rings is 2. The zero-order valence-electron chi connectivity index (χ0n) is 23.3. The molecule has 1 aromatic heterocycles. The minimum absolute atomic E-state index is 0.516. The van der Waals surface area contributed by atoms with Crippen molar-refractivity contribution in [3.63, 3.8) is 0 Å². The SMILES string of the molecule is C=C(C1CN1SC)N(C)C1CCN(c2nc(CC)nc3c2CCN(c2cccc4cccc(C)c24)C3)CC1. The Labute approximate surface area is 231 Å². The van der Waals surface area contributed by atoms with Gasteiger partial charge in [-0.15, -0.1) is 0 Å². The molecule has 2 saturated heterocycles. The van der Waals surface area contributed by atoms with Crippen molar-refractivity contribution in [2.24, 2.45) is 0 Å². The van der Waals surface area contributed by atoms with Crippen molar-refractivity contribution >= 4 is 34.2 Å². The minimum Gasteiger partial charge on any atom is -0.374 e. The third kappa shape index (κ3) is 4.64. The Morgan fingerprint density at radius 3 is 2.55 bits per heavy atom. The van der Waals surface area contributed by atoms with E-state index in [9.17, 15) is 0 Å². The Kier molecular flexibility index (Phi) is 6.99. The van der Waals surface area contributed by atoms with Crippen LogP contribution in [-0.4, -0.2) is 70.7 Å². The molecule has 6 rings (SSSR count). The van der Waals surface area contributed by atoms with E-state index >= 15 is 0 Å². The molecule has 0 N–H and O–H groups in total. The number of aryl methyl sites for hydroxylation is 2. The van der Waals surface area contributed by atoms with Gasteiger partial charge in [0.2, 0.25) is 0 Å². The highest BCUT2D eigenvalue weighted by molar-refractivity contribution is 7.96. The van der Waals surface area contributed by atoms with Crippen molar-refractivity contribution in [3.05, 3.63) is 71.3 Å². The van der Waals surface area contributed by atoms with Crippen LogP contribution in [0.5, 0.6) is 0 Å². The summed E-state index contributed by atoms with van der Waals surface area (Å²) in [4.78, 5) is 17.7. The van der Waals surface area contributed by atoms with Gasteiger partial charge in [0.25, 0.3) is 0 Å². The molecule has 2 aromatic carbocycles. The zero-order chi connectivity index (χ0) is 26.4. The van der Waals surface area contributed by atoms with Crippen molar-refractivity contribution in [2.75, 3.05) is 49.3 Å². The lowest BCUT2D eigenvalue weighted by Crippen LogP contribution is -2.45. The highest BCUT2D eigenvalue weighted by Crippen LogP contribution is 2.37. The average molecular weight is 529 g/mol. The van der Waals surface area contributed by atoms with Crippen LogP contribution in [-0.2, 0) is 19.4 Å². The van der Waals surface area contributed by atoms with Gasteiger partial charge in [-0.1, -0.05) is 55.8 Å². The van der Waals surface area contributed by atoms with Crippen LogP contribution in [0.1, 0.15) is 42.4 Å². The molecule has 6 nitrogen and oxygen atoms in total. The molecule has 7 heteroatoms. The Hall–Kier alpha value is -2.77. The molecule has 4 heterocycles. The number of fused-ring (bicyclic) bond motifs is 2. The third-order valence-electron chi connectivity index (χ3n) is 8.79. The standard InChI is InChI=1S/C31H40N6S/c1-6-29-32-26-19-36(27-12-8-11-23-10-7-9-21(2)30(23)27)18-15-25(26)31(33-29)35-16-13-24(14-17-35)34(4)22(3)28-20-37(28)38-5/h7-12,24,28H,3,6,13-20H2,1-2,4-5H3. The molecule has 3 aromatic rings. The monoisotopic (exact) mass is 528 g/mol. The molecular weight excluding hydrogens is 488 g/mol. The minimum atomic E-state index is 0.516. The quantitative estimate of drug-likeness (QED) is 0.299. The summed E-state index contributed by atoms with van der Waals surface area (Å²) < 4.78 is 2.40. The van der Waals surface area contributed by atoms with E-state index < -0.39 is 0 Å². The molecule has 0 spiro atoms. The maximum atomic E-state index is 5.11. The van der Waals surface area contributed by atoms with Crippen molar-refractivity contribution in [3.8, 4) is 0 Å². The van der Waals surface area contributed by atoms with E-state index in [1.165, 1.54) is 44.8 Å². The topological polar surface area (TPSA) is 38.5 Å². The highest BCUT2D eigenvalue weighted by Gasteiger charge is 2.39. The van der Waals surface area contributed by atoms with Gasteiger partial charge in [0, 0.05) is 68.0 Å². The Morgan fingerprint density at radius 1 is 1.08 bits per heavy atom. The van der Waals surface area contributed by atoms with E-state index in [0.717, 1.165) is 64.2 Å². The van der Waals surface area contributed by atoms with Gasteiger partial charge in [-0.05, 0) is 49.5 Å². The molecular formula is C31H40N6S. The highest BCUT2D eigenvalue weighted by atomic mass is 32.2. The van der Waals surface area contributed by atoms with E-state index in [2.05, 4.69) is 89.1 Å². The number of piperidine rings is 1. The van der Waals surface area contributed by atoms with E-state index in [1.807, 2.05) is 11.9 Å². The van der Waals surface area contributed by atoms with Crippen molar-refractivity contribution < 1.29 is 0 Å². The Bertz CT molecular complexity index is 1340. The van der Waals surface area contributed by atoms with Crippen LogP contribution >= 0.6 is 11.9 Å². The summed E-state index contributed by atoms with van der Waals surface area (Å²) in [5.41, 5.74) is 6.50. The number of likely N-dealkylation sites (N-methyl/N-ethyl adjacent to an activating group) is 1. The van der Waals surface area contributed by atoms with Crippen LogP contribution in [0.15, 0.2) is 48.7 Å². The Balaban J connectivity index is 1.21. The second-order valence-corrected chi connectivity index (χ2v) is 11.8. The van der Waals surface area contributed by atoms with Gasteiger partial charge < -0.3 is 14.7 Å². The number of aromatic nitrogens is 2. The lowest BCUT2D eigenvalue weighted by atomic mass is 9.98. The molecule has 2 fully saturated rings. The maximum Gasteiger partial charge on any atom is 0.135 e. The molecule has 0 amide bonds. The van der Waals surface area contributed by atoms with Crippen LogP contribution in [0.25, 0.3) is 10.8 Å².